The summed E-state index contributed by atoms with van der Waals surface area (Å²) >= 11 is 1.75. The molecule has 2 aromatic rings. The molecule has 3 nitrogen and oxygen atoms in total. The molecule has 1 aromatic carbocycles. The number of anilines is 1. The highest BCUT2D eigenvalue weighted by atomic mass is 35.5. The fraction of sp³-hybridized carbons (Fsp3) is 0.526. The third-order valence-corrected chi connectivity index (χ3v) is 6.43. The van der Waals surface area contributed by atoms with Gasteiger partial charge in [-0.3, -0.25) is 0 Å². The van der Waals surface area contributed by atoms with Gasteiger partial charge in [0.25, 0.3) is 0 Å². The van der Waals surface area contributed by atoms with Crippen LogP contribution in [0.5, 0.6) is 0 Å². The quantitative estimate of drug-likeness (QED) is 0.803. The molecule has 1 fully saturated rings. The van der Waals surface area contributed by atoms with Gasteiger partial charge >= 0.3 is 0 Å². The van der Waals surface area contributed by atoms with Gasteiger partial charge < -0.3 is 11.1 Å². The van der Waals surface area contributed by atoms with Gasteiger partial charge in [-0.05, 0) is 75.1 Å². The Bertz CT molecular complexity index is 725. The number of nitrogens with two attached hydrogens (primary N) is 1. The number of thiazole rings is 1. The molecule has 4 rings (SSSR count). The second kappa shape index (κ2) is 8.02. The Balaban J connectivity index is 0.00000182. The van der Waals surface area contributed by atoms with E-state index < -0.39 is 0 Å². The monoisotopic (exact) mass is 381 g/mol. The first-order valence-electron chi connectivity index (χ1n) is 8.98. The molecule has 6 heteroatoms. The van der Waals surface area contributed by atoms with Crippen LogP contribution in [-0.2, 0) is 12.8 Å². The molecule has 0 amide bonds. The van der Waals surface area contributed by atoms with Crippen molar-refractivity contribution in [2.24, 2.45) is 11.7 Å². The average Bonchev–Trinajstić information content (AvgIpc) is 2.92. The van der Waals surface area contributed by atoms with Crippen molar-refractivity contribution < 1.29 is 4.39 Å². The van der Waals surface area contributed by atoms with Crippen LogP contribution in [0.3, 0.4) is 0 Å². The largest absolute Gasteiger partial charge is 0.359 e. The number of hydrogen-bond donors (Lipinski definition) is 2. The van der Waals surface area contributed by atoms with E-state index in [1.165, 1.54) is 23.3 Å². The molecule has 0 saturated heterocycles. The molecule has 0 spiro atoms. The maximum Gasteiger partial charge on any atom is 0.183 e. The number of halogens is 2. The molecule has 0 radical (unpaired) electrons. The molecule has 0 aliphatic heterocycles. The van der Waals surface area contributed by atoms with E-state index in [-0.39, 0.29) is 18.2 Å². The lowest BCUT2D eigenvalue weighted by Crippen LogP contribution is -2.29. The predicted molar refractivity (Wildman–Crippen MR) is 105 cm³/mol. The van der Waals surface area contributed by atoms with Crippen LogP contribution in [0.15, 0.2) is 18.2 Å². The number of fused-ring (bicyclic) bond motifs is 3. The Hall–Kier alpha value is -1.17. The smallest absolute Gasteiger partial charge is 0.183 e. The third kappa shape index (κ3) is 3.99. The van der Waals surface area contributed by atoms with Gasteiger partial charge in [-0.1, -0.05) is 6.07 Å². The summed E-state index contributed by atoms with van der Waals surface area (Å²) < 4.78 is 13.7. The number of hydrogen-bond acceptors (Lipinski definition) is 4. The average molecular weight is 382 g/mol. The Labute approximate surface area is 158 Å². The number of nitrogens with one attached hydrogen (secondary N) is 1. The maximum atomic E-state index is 13.7. The molecule has 2 aliphatic rings. The summed E-state index contributed by atoms with van der Waals surface area (Å²) in [4.78, 5) is 6.13. The summed E-state index contributed by atoms with van der Waals surface area (Å²) in [5.41, 5.74) is 8.97. The normalized spacial score (nSPS) is 22.3. The molecular weight excluding hydrogens is 357 g/mol. The van der Waals surface area contributed by atoms with Crippen molar-refractivity contribution in [3.05, 3.63) is 34.5 Å². The molecule has 3 N–H and O–H groups in total. The van der Waals surface area contributed by atoms with E-state index >= 15 is 0 Å². The summed E-state index contributed by atoms with van der Waals surface area (Å²) in [6.45, 7) is 0.806. The van der Waals surface area contributed by atoms with Crippen molar-refractivity contribution in [3.63, 3.8) is 0 Å². The summed E-state index contributed by atoms with van der Waals surface area (Å²) in [5, 5.41) is 4.62. The summed E-state index contributed by atoms with van der Waals surface area (Å²) in [5.74, 6) is 0.509. The van der Waals surface area contributed by atoms with Crippen molar-refractivity contribution in [1.29, 1.82) is 0 Å². The summed E-state index contributed by atoms with van der Waals surface area (Å²) in [6.07, 6.45) is 7.87. The first-order valence-corrected chi connectivity index (χ1v) is 9.79. The van der Waals surface area contributed by atoms with Crippen molar-refractivity contribution in [1.82, 2.24) is 4.98 Å². The van der Waals surface area contributed by atoms with Crippen LogP contribution in [0.25, 0.3) is 11.3 Å². The molecule has 1 saturated carbocycles. The van der Waals surface area contributed by atoms with E-state index in [0.29, 0.717) is 12.0 Å². The van der Waals surface area contributed by atoms with E-state index in [4.69, 9.17) is 10.7 Å². The first kappa shape index (κ1) is 18.6. The van der Waals surface area contributed by atoms with Crippen LogP contribution in [0, 0.1) is 11.7 Å². The zero-order valence-electron chi connectivity index (χ0n) is 14.3. The fourth-order valence-electron chi connectivity index (χ4n) is 3.94. The molecule has 0 atom stereocenters. The Kier molecular flexibility index (Phi) is 5.97. The zero-order chi connectivity index (χ0) is 16.5. The van der Waals surface area contributed by atoms with Crippen molar-refractivity contribution in [3.8, 4) is 11.3 Å². The minimum Gasteiger partial charge on any atom is -0.359 e. The van der Waals surface area contributed by atoms with Gasteiger partial charge in [-0.15, -0.1) is 23.7 Å². The van der Waals surface area contributed by atoms with Gasteiger partial charge in [0.2, 0.25) is 0 Å². The highest BCUT2D eigenvalue weighted by Crippen LogP contribution is 2.38. The van der Waals surface area contributed by atoms with E-state index in [9.17, 15) is 4.39 Å². The Morgan fingerprint density at radius 1 is 1.20 bits per heavy atom. The van der Waals surface area contributed by atoms with Gasteiger partial charge in [-0.25, -0.2) is 9.37 Å². The van der Waals surface area contributed by atoms with Crippen molar-refractivity contribution in [2.75, 3.05) is 11.9 Å². The number of benzene rings is 1. The Morgan fingerprint density at radius 2 is 2.00 bits per heavy atom. The van der Waals surface area contributed by atoms with Crippen molar-refractivity contribution >= 4 is 28.9 Å². The van der Waals surface area contributed by atoms with Crippen LogP contribution in [0.2, 0.25) is 0 Å². The molecule has 1 aromatic heterocycles. The standard InChI is InChI=1S/C19H24FN3S.ClH/c20-14-7-6-13-2-1-3-17-18(16(13)10-14)23-19(24-17)22-15-8-4-12(11-21)5-9-15;/h6-7,10,12,15H,1-5,8-9,11,21H2,(H,22,23);1H. The van der Waals surface area contributed by atoms with Gasteiger partial charge in [0.15, 0.2) is 5.13 Å². The third-order valence-electron chi connectivity index (χ3n) is 5.38. The van der Waals surface area contributed by atoms with Gasteiger partial charge in [0, 0.05) is 16.5 Å². The van der Waals surface area contributed by atoms with Crippen LogP contribution in [0.4, 0.5) is 9.52 Å². The van der Waals surface area contributed by atoms with E-state index in [1.807, 2.05) is 6.07 Å². The van der Waals surface area contributed by atoms with E-state index in [0.717, 1.165) is 55.0 Å². The lowest BCUT2D eigenvalue weighted by Gasteiger charge is -2.28. The fourth-order valence-corrected chi connectivity index (χ4v) is 5.03. The van der Waals surface area contributed by atoms with Crippen LogP contribution in [0.1, 0.15) is 42.5 Å². The number of rotatable bonds is 3. The van der Waals surface area contributed by atoms with Crippen LogP contribution < -0.4 is 11.1 Å². The SMILES string of the molecule is Cl.NCC1CCC(Nc2nc3c(s2)CCCc2ccc(F)cc2-3)CC1. The second-order valence-corrected chi connectivity index (χ2v) is 8.13. The van der Waals surface area contributed by atoms with E-state index in [1.54, 1.807) is 23.5 Å². The highest BCUT2D eigenvalue weighted by Gasteiger charge is 2.23. The Morgan fingerprint density at radius 3 is 2.76 bits per heavy atom. The summed E-state index contributed by atoms with van der Waals surface area (Å²) in [7, 11) is 0. The lowest BCUT2D eigenvalue weighted by molar-refractivity contribution is 0.345. The first-order chi connectivity index (χ1) is 11.7. The molecule has 2 aliphatic carbocycles. The molecule has 1 heterocycles. The maximum absolute atomic E-state index is 13.7. The van der Waals surface area contributed by atoms with Crippen LogP contribution in [-0.4, -0.2) is 17.6 Å². The number of aryl methyl sites for hydroxylation is 2. The molecular formula is C19H25ClFN3S. The van der Waals surface area contributed by atoms with Gasteiger partial charge in [0.05, 0.1) is 5.69 Å². The van der Waals surface area contributed by atoms with Crippen molar-refractivity contribution in [2.45, 2.75) is 51.0 Å². The van der Waals surface area contributed by atoms with Crippen LogP contribution >= 0.6 is 23.7 Å². The highest BCUT2D eigenvalue weighted by molar-refractivity contribution is 7.16. The summed E-state index contributed by atoms with van der Waals surface area (Å²) in [6, 6.07) is 5.62. The minimum absolute atomic E-state index is 0. The second-order valence-electron chi connectivity index (χ2n) is 7.04. The minimum atomic E-state index is -0.177. The lowest BCUT2D eigenvalue weighted by atomic mass is 9.86. The molecule has 0 unspecified atom stereocenters. The molecule has 25 heavy (non-hydrogen) atoms. The zero-order valence-corrected chi connectivity index (χ0v) is 15.9. The van der Waals surface area contributed by atoms with E-state index in [2.05, 4.69) is 5.32 Å². The molecule has 0 bridgehead atoms. The van der Waals surface area contributed by atoms with Gasteiger partial charge in [0.1, 0.15) is 5.82 Å². The molecule has 136 valence electrons. The number of aromatic nitrogens is 1. The predicted octanol–water partition coefficient (Wildman–Crippen LogP) is 4.79. The van der Waals surface area contributed by atoms with Gasteiger partial charge in [-0.2, -0.15) is 0 Å². The number of nitrogens with zero attached hydrogens (tertiary/aromatic N) is 1. The topological polar surface area (TPSA) is 50.9 Å².